The van der Waals surface area contributed by atoms with Crippen LogP contribution in [0.2, 0.25) is 0 Å². The van der Waals surface area contributed by atoms with E-state index in [1.54, 1.807) is 6.07 Å². The SMILES string of the molecule is Cc1[nH]c2ccccc2c1-c1cc(N)on1. The van der Waals surface area contributed by atoms with Crippen LogP contribution in [0.15, 0.2) is 34.9 Å². The zero-order valence-corrected chi connectivity index (χ0v) is 8.82. The number of rotatable bonds is 1. The topological polar surface area (TPSA) is 67.8 Å². The molecule has 0 aliphatic heterocycles. The number of para-hydroxylation sites is 1. The van der Waals surface area contributed by atoms with Crippen LogP contribution < -0.4 is 5.73 Å². The van der Waals surface area contributed by atoms with Gasteiger partial charge in [-0.15, -0.1) is 0 Å². The van der Waals surface area contributed by atoms with Gasteiger partial charge in [-0.1, -0.05) is 23.4 Å². The number of anilines is 1. The van der Waals surface area contributed by atoms with Crippen LogP contribution in [0.4, 0.5) is 5.88 Å². The number of hydrogen-bond donors (Lipinski definition) is 2. The minimum atomic E-state index is 0.333. The summed E-state index contributed by atoms with van der Waals surface area (Å²) in [6.45, 7) is 2.01. The van der Waals surface area contributed by atoms with Gasteiger partial charge in [-0.3, -0.25) is 0 Å². The van der Waals surface area contributed by atoms with Gasteiger partial charge in [0.1, 0.15) is 5.69 Å². The van der Waals surface area contributed by atoms with Gasteiger partial charge in [0.2, 0.25) is 5.88 Å². The van der Waals surface area contributed by atoms with Crippen molar-refractivity contribution in [3.05, 3.63) is 36.0 Å². The number of H-pyrrole nitrogens is 1. The van der Waals surface area contributed by atoms with E-state index in [1.807, 2.05) is 25.1 Å². The molecule has 0 bridgehead atoms. The molecule has 0 amide bonds. The van der Waals surface area contributed by atoms with Crippen molar-refractivity contribution in [2.75, 3.05) is 5.73 Å². The second kappa shape index (κ2) is 3.13. The minimum Gasteiger partial charge on any atom is -0.368 e. The molecule has 0 radical (unpaired) electrons. The Balaban J connectivity index is 2.34. The fourth-order valence-electron chi connectivity index (χ4n) is 2.01. The van der Waals surface area contributed by atoms with Gasteiger partial charge in [-0.05, 0) is 13.0 Å². The van der Waals surface area contributed by atoms with Gasteiger partial charge in [0.15, 0.2) is 0 Å². The molecule has 0 aliphatic rings. The number of aryl methyl sites for hydroxylation is 1. The minimum absolute atomic E-state index is 0.333. The maximum atomic E-state index is 5.54. The largest absolute Gasteiger partial charge is 0.368 e. The summed E-state index contributed by atoms with van der Waals surface area (Å²) in [5.74, 6) is 0.333. The predicted molar refractivity (Wildman–Crippen MR) is 62.9 cm³/mol. The monoisotopic (exact) mass is 213 g/mol. The third-order valence-electron chi connectivity index (χ3n) is 2.68. The molecule has 0 aliphatic carbocycles. The molecular formula is C12H11N3O. The molecular weight excluding hydrogens is 202 g/mol. The van der Waals surface area contributed by atoms with Crippen LogP contribution in [0.25, 0.3) is 22.2 Å². The zero-order valence-electron chi connectivity index (χ0n) is 8.82. The van der Waals surface area contributed by atoms with Crippen molar-refractivity contribution in [2.45, 2.75) is 6.92 Å². The summed E-state index contributed by atoms with van der Waals surface area (Å²) in [6.07, 6.45) is 0. The van der Waals surface area contributed by atoms with E-state index in [-0.39, 0.29) is 0 Å². The lowest BCUT2D eigenvalue weighted by Gasteiger charge is -1.94. The van der Waals surface area contributed by atoms with E-state index in [4.69, 9.17) is 10.3 Å². The van der Waals surface area contributed by atoms with E-state index in [9.17, 15) is 0 Å². The highest BCUT2D eigenvalue weighted by molar-refractivity contribution is 5.96. The summed E-state index contributed by atoms with van der Waals surface area (Å²) in [5.41, 5.74) is 9.52. The highest BCUT2D eigenvalue weighted by Gasteiger charge is 2.13. The average Bonchev–Trinajstić information content (AvgIpc) is 2.80. The fraction of sp³-hybridized carbons (Fsp3) is 0.0833. The molecule has 16 heavy (non-hydrogen) atoms. The Morgan fingerprint density at radius 3 is 2.88 bits per heavy atom. The van der Waals surface area contributed by atoms with Gasteiger partial charge in [0.25, 0.3) is 0 Å². The van der Waals surface area contributed by atoms with E-state index in [1.165, 1.54) is 0 Å². The molecule has 3 N–H and O–H groups in total. The third-order valence-corrected chi connectivity index (χ3v) is 2.68. The van der Waals surface area contributed by atoms with Gasteiger partial charge < -0.3 is 15.2 Å². The van der Waals surface area contributed by atoms with Crippen LogP contribution in [-0.4, -0.2) is 10.1 Å². The van der Waals surface area contributed by atoms with Gasteiger partial charge in [0, 0.05) is 28.2 Å². The van der Waals surface area contributed by atoms with Crippen molar-refractivity contribution in [3.8, 4) is 11.3 Å². The molecule has 4 heteroatoms. The first kappa shape index (κ1) is 9.03. The highest BCUT2D eigenvalue weighted by atomic mass is 16.5. The molecule has 1 aromatic carbocycles. The number of aromatic nitrogens is 2. The van der Waals surface area contributed by atoms with E-state index in [0.717, 1.165) is 27.9 Å². The lowest BCUT2D eigenvalue weighted by Crippen LogP contribution is -1.79. The van der Waals surface area contributed by atoms with Crippen molar-refractivity contribution >= 4 is 16.8 Å². The van der Waals surface area contributed by atoms with Crippen molar-refractivity contribution in [1.29, 1.82) is 0 Å². The molecule has 3 aromatic rings. The number of hydrogen-bond acceptors (Lipinski definition) is 3. The summed E-state index contributed by atoms with van der Waals surface area (Å²) in [7, 11) is 0. The van der Waals surface area contributed by atoms with Gasteiger partial charge in [0.05, 0.1) is 0 Å². The highest BCUT2D eigenvalue weighted by Crippen LogP contribution is 2.31. The average molecular weight is 213 g/mol. The van der Waals surface area contributed by atoms with Gasteiger partial charge in [-0.25, -0.2) is 0 Å². The van der Waals surface area contributed by atoms with Gasteiger partial charge >= 0.3 is 0 Å². The fourth-order valence-corrected chi connectivity index (χ4v) is 2.01. The summed E-state index contributed by atoms with van der Waals surface area (Å²) < 4.78 is 4.91. The van der Waals surface area contributed by atoms with Crippen molar-refractivity contribution in [3.63, 3.8) is 0 Å². The van der Waals surface area contributed by atoms with Crippen LogP contribution in [0, 0.1) is 6.92 Å². The normalized spacial score (nSPS) is 11.1. The van der Waals surface area contributed by atoms with Crippen LogP contribution in [0.5, 0.6) is 0 Å². The lowest BCUT2D eigenvalue weighted by atomic mass is 10.1. The van der Waals surface area contributed by atoms with Gasteiger partial charge in [-0.2, -0.15) is 0 Å². The maximum Gasteiger partial charge on any atom is 0.222 e. The first-order chi connectivity index (χ1) is 7.75. The number of nitrogens with one attached hydrogen (secondary N) is 1. The predicted octanol–water partition coefficient (Wildman–Crippen LogP) is 2.71. The standard InChI is InChI=1S/C12H11N3O/c1-7-12(10-6-11(13)16-15-10)8-4-2-3-5-9(8)14-7/h2-6,14H,13H2,1H3. The molecule has 80 valence electrons. The summed E-state index contributed by atoms with van der Waals surface area (Å²) in [4.78, 5) is 3.31. The summed E-state index contributed by atoms with van der Waals surface area (Å²) in [6, 6.07) is 9.83. The molecule has 0 fully saturated rings. The first-order valence-electron chi connectivity index (χ1n) is 5.05. The number of nitrogens with zero attached hydrogens (tertiary/aromatic N) is 1. The number of aromatic amines is 1. The number of fused-ring (bicyclic) bond motifs is 1. The Bertz CT molecular complexity index is 651. The quantitative estimate of drug-likeness (QED) is 0.653. The molecule has 2 heterocycles. The van der Waals surface area contributed by atoms with E-state index in [0.29, 0.717) is 5.88 Å². The second-order valence-electron chi connectivity index (χ2n) is 3.79. The molecule has 0 unspecified atom stereocenters. The van der Waals surface area contributed by atoms with Crippen molar-refractivity contribution in [2.24, 2.45) is 0 Å². The van der Waals surface area contributed by atoms with Crippen molar-refractivity contribution < 1.29 is 4.52 Å². The van der Waals surface area contributed by atoms with Crippen LogP contribution >= 0.6 is 0 Å². The molecule has 0 saturated heterocycles. The summed E-state index contributed by atoms with van der Waals surface area (Å²) >= 11 is 0. The molecule has 0 atom stereocenters. The maximum absolute atomic E-state index is 5.54. The van der Waals surface area contributed by atoms with Crippen molar-refractivity contribution in [1.82, 2.24) is 10.1 Å². The Kier molecular flexibility index (Phi) is 1.77. The Morgan fingerprint density at radius 2 is 2.12 bits per heavy atom. The second-order valence-corrected chi connectivity index (χ2v) is 3.79. The van der Waals surface area contributed by atoms with Crippen LogP contribution in [0.3, 0.4) is 0 Å². The molecule has 3 rings (SSSR count). The number of benzene rings is 1. The van der Waals surface area contributed by atoms with Crippen LogP contribution in [0.1, 0.15) is 5.69 Å². The Morgan fingerprint density at radius 1 is 1.31 bits per heavy atom. The summed E-state index contributed by atoms with van der Waals surface area (Å²) in [5, 5.41) is 5.08. The van der Waals surface area contributed by atoms with E-state index in [2.05, 4.69) is 16.2 Å². The smallest absolute Gasteiger partial charge is 0.222 e. The molecule has 0 saturated carbocycles. The number of nitrogen functional groups attached to an aromatic ring is 1. The zero-order chi connectivity index (χ0) is 11.1. The Hall–Kier alpha value is -2.23. The number of nitrogens with two attached hydrogens (primary N) is 1. The molecule has 0 spiro atoms. The van der Waals surface area contributed by atoms with Crippen LogP contribution in [-0.2, 0) is 0 Å². The Labute approximate surface area is 92.0 Å². The lowest BCUT2D eigenvalue weighted by molar-refractivity contribution is 0.439. The van der Waals surface area contributed by atoms with E-state index < -0.39 is 0 Å². The molecule has 2 aromatic heterocycles. The third kappa shape index (κ3) is 1.20. The first-order valence-corrected chi connectivity index (χ1v) is 5.05. The molecule has 4 nitrogen and oxygen atoms in total. The van der Waals surface area contributed by atoms with E-state index >= 15 is 0 Å².